The lowest BCUT2D eigenvalue weighted by Crippen LogP contribution is -2.38. The Morgan fingerprint density at radius 3 is 2.36 bits per heavy atom. The molecule has 0 saturated carbocycles. The topological polar surface area (TPSA) is 95.6 Å². The van der Waals surface area contributed by atoms with E-state index >= 15 is 0 Å². The van der Waals surface area contributed by atoms with Crippen molar-refractivity contribution < 1.29 is 26.8 Å². The van der Waals surface area contributed by atoms with E-state index in [4.69, 9.17) is 0 Å². The number of amides is 2. The van der Waals surface area contributed by atoms with Crippen LogP contribution in [0.3, 0.4) is 0 Å². The smallest absolute Gasteiger partial charge is 0.254 e. The van der Waals surface area contributed by atoms with Gasteiger partial charge in [-0.15, -0.1) is 11.3 Å². The van der Waals surface area contributed by atoms with Crippen molar-refractivity contribution in [2.24, 2.45) is 0 Å². The van der Waals surface area contributed by atoms with E-state index in [-0.39, 0.29) is 23.5 Å². The second-order valence-electron chi connectivity index (χ2n) is 6.90. The minimum Gasteiger partial charge on any atom is -0.330 e. The van der Waals surface area contributed by atoms with Crippen LogP contribution in [0.5, 0.6) is 0 Å². The largest absolute Gasteiger partial charge is 0.330 e. The van der Waals surface area contributed by atoms with Gasteiger partial charge in [0.05, 0.1) is 4.90 Å². The molecular formula is C22H21F2N3O4S2. The molecule has 0 aliphatic heterocycles. The van der Waals surface area contributed by atoms with Gasteiger partial charge in [-0.05, 0) is 48.7 Å². The maximum absolute atomic E-state index is 13.8. The highest BCUT2D eigenvalue weighted by molar-refractivity contribution is 7.89. The summed E-state index contributed by atoms with van der Waals surface area (Å²) in [5, 5.41) is 3.96. The van der Waals surface area contributed by atoms with Gasteiger partial charge < -0.3 is 10.2 Å². The lowest BCUT2D eigenvalue weighted by Gasteiger charge is -2.21. The van der Waals surface area contributed by atoms with Crippen molar-refractivity contribution in [2.45, 2.75) is 18.4 Å². The molecule has 7 nitrogen and oxygen atoms in total. The third-order valence-electron chi connectivity index (χ3n) is 4.64. The molecule has 1 heterocycles. The molecule has 33 heavy (non-hydrogen) atoms. The van der Waals surface area contributed by atoms with E-state index in [9.17, 15) is 26.8 Å². The fraction of sp³-hybridized carbons (Fsp3) is 0.182. The van der Waals surface area contributed by atoms with Crippen LogP contribution in [0.15, 0.2) is 64.9 Å². The van der Waals surface area contributed by atoms with E-state index < -0.39 is 45.7 Å². The summed E-state index contributed by atoms with van der Waals surface area (Å²) in [6, 6.07) is 12.2. The number of nitrogens with zero attached hydrogens (tertiary/aromatic N) is 1. The van der Waals surface area contributed by atoms with Crippen LogP contribution < -0.4 is 10.0 Å². The zero-order chi connectivity index (χ0) is 24.0. The van der Waals surface area contributed by atoms with Gasteiger partial charge in [0.1, 0.15) is 23.9 Å². The van der Waals surface area contributed by atoms with Gasteiger partial charge >= 0.3 is 0 Å². The van der Waals surface area contributed by atoms with Crippen LogP contribution >= 0.6 is 11.3 Å². The van der Waals surface area contributed by atoms with E-state index in [1.165, 1.54) is 41.7 Å². The van der Waals surface area contributed by atoms with Gasteiger partial charge in [0, 0.05) is 23.5 Å². The molecule has 0 aliphatic rings. The molecule has 0 spiro atoms. The van der Waals surface area contributed by atoms with Crippen LogP contribution in [0.4, 0.5) is 14.5 Å². The number of rotatable bonds is 9. The predicted molar refractivity (Wildman–Crippen MR) is 121 cm³/mol. The maximum Gasteiger partial charge on any atom is 0.254 e. The van der Waals surface area contributed by atoms with Gasteiger partial charge in [0.25, 0.3) is 5.91 Å². The Morgan fingerprint density at radius 1 is 1.03 bits per heavy atom. The molecule has 0 fully saturated rings. The number of carbonyl (C=O) groups excluding carboxylic acids is 2. The Labute approximate surface area is 194 Å². The molecule has 3 aromatic rings. The second kappa shape index (κ2) is 10.6. The van der Waals surface area contributed by atoms with Gasteiger partial charge in [-0.25, -0.2) is 21.9 Å². The van der Waals surface area contributed by atoms with Crippen molar-refractivity contribution in [1.29, 1.82) is 0 Å². The van der Waals surface area contributed by atoms with Gasteiger partial charge in [0.2, 0.25) is 15.9 Å². The van der Waals surface area contributed by atoms with Gasteiger partial charge in [-0.2, -0.15) is 0 Å². The molecule has 0 radical (unpaired) electrons. The quantitative estimate of drug-likeness (QED) is 0.476. The fourth-order valence-electron chi connectivity index (χ4n) is 2.94. The first-order valence-electron chi connectivity index (χ1n) is 9.86. The molecule has 2 N–H and O–H groups in total. The minimum absolute atomic E-state index is 0.0562. The van der Waals surface area contributed by atoms with Crippen LogP contribution in [-0.2, 0) is 21.4 Å². The Morgan fingerprint density at radius 2 is 1.73 bits per heavy atom. The number of benzene rings is 2. The highest BCUT2D eigenvalue weighted by Gasteiger charge is 2.22. The predicted octanol–water partition coefficient (Wildman–Crippen LogP) is 3.61. The summed E-state index contributed by atoms with van der Waals surface area (Å²) in [6.45, 7) is 1.38. The zero-order valence-corrected chi connectivity index (χ0v) is 19.2. The average Bonchev–Trinajstić information content (AvgIpc) is 3.32. The summed E-state index contributed by atoms with van der Waals surface area (Å²) in [7, 11) is -3.87. The second-order valence-corrected chi connectivity index (χ2v) is 9.70. The Hall–Kier alpha value is -3.15. The zero-order valence-electron chi connectivity index (χ0n) is 17.5. The van der Waals surface area contributed by atoms with Crippen molar-refractivity contribution in [1.82, 2.24) is 9.62 Å². The normalized spacial score (nSPS) is 11.2. The summed E-state index contributed by atoms with van der Waals surface area (Å²) in [4.78, 5) is 27.1. The lowest BCUT2D eigenvalue weighted by molar-refractivity contribution is -0.116. The number of anilines is 1. The molecule has 0 bridgehead atoms. The third-order valence-corrected chi connectivity index (χ3v) is 6.91. The average molecular weight is 494 g/mol. The number of hydrogen-bond acceptors (Lipinski definition) is 5. The molecule has 3 rings (SSSR count). The molecule has 2 amide bonds. The molecule has 0 unspecified atom stereocenters. The molecule has 11 heteroatoms. The lowest BCUT2D eigenvalue weighted by atomic mass is 10.2. The first-order chi connectivity index (χ1) is 15.7. The Kier molecular flexibility index (Phi) is 7.90. The third kappa shape index (κ3) is 6.21. The number of halogens is 2. The Bertz CT molecular complexity index is 1230. The van der Waals surface area contributed by atoms with Crippen molar-refractivity contribution in [3.63, 3.8) is 0 Å². The first kappa shape index (κ1) is 24.5. The molecule has 0 saturated heterocycles. The molecular weight excluding hydrogens is 472 g/mol. The van der Waals surface area contributed by atoms with Crippen LogP contribution in [-0.4, -0.2) is 38.2 Å². The van der Waals surface area contributed by atoms with Crippen LogP contribution in [0, 0.1) is 11.6 Å². The summed E-state index contributed by atoms with van der Waals surface area (Å²) < 4.78 is 55.2. The molecule has 0 atom stereocenters. The number of carbonyl (C=O) groups is 2. The molecule has 1 aromatic heterocycles. The number of para-hydroxylation sites is 1. The standard InChI is InChI=1S/C22H21F2N3O4S2/c1-2-27(14-20(28)26-21-18(23)9-4-10-19(21)24)22(29)15-6-3-8-17(12-15)33(30,31)25-13-16-7-5-11-32-16/h3-12,25H,2,13-14H2,1H3,(H,26,28). The summed E-state index contributed by atoms with van der Waals surface area (Å²) in [6.07, 6.45) is 0. The highest BCUT2D eigenvalue weighted by atomic mass is 32.2. The number of sulfonamides is 1. The number of likely N-dealkylation sites (N-methyl/N-ethyl adjacent to an activating group) is 1. The SMILES string of the molecule is CCN(CC(=O)Nc1c(F)cccc1F)C(=O)c1cccc(S(=O)(=O)NCc2cccs2)c1. The van der Waals surface area contributed by atoms with Crippen molar-refractivity contribution in [3.8, 4) is 0 Å². The van der Waals surface area contributed by atoms with Gasteiger partial charge in [-0.1, -0.05) is 18.2 Å². The van der Waals surface area contributed by atoms with E-state index in [1.807, 2.05) is 11.4 Å². The van der Waals surface area contributed by atoms with E-state index in [0.717, 1.165) is 21.9 Å². The van der Waals surface area contributed by atoms with Crippen molar-refractivity contribution in [3.05, 3.63) is 82.1 Å². The number of thiophene rings is 1. The van der Waals surface area contributed by atoms with Gasteiger partial charge in [-0.3, -0.25) is 9.59 Å². The molecule has 2 aromatic carbocycles. The fourth-order valence-corrected chi connectivity index (χ4v) is 4.73. The summed E-state index contributed by atoms with van der Waals surface area (Å²) >= 11 is 1.41. The number of hydrogen-bond donors (Lipinski definition) is 2. The van der Waals surface area contributed by atoms with E-state index in [0.29, 0.717) is 0 Å². The van der Waals surface area contributed by atoms with Crippen LogP contribution in [0.2, 0.25) is 0 Å². The van der Waals surface area contributed by atoms with Crippen LogP contribution in [0.25, 0.3) is 0 Å². The van der Waals surface area contributed by atoms with Gasteiger partial charge in [0.15, 0.2) is 0 Å². The van der Waals surface area contributed by atoms with E-state index in [1.54, 1.807) is 13.0 Å². The van der Waals surface area contributed by atoms with Crippen molar-refractivity contribution >= 4 is 38.9 Å². The molecule has 174 valence electrons. The Balaban J connectivity index is 1.71. The molecule has 0 aliphatic carbocycles. The maximum atomic E-state index is 13.8. The summed E-state index contributed by atoms with van der Waals surface area (Å²) in [5.41, 5.74) is -0.545. The summed E-state index contributed by atoms with van der Waals surface area (Å²) in [5.74, 6) is -3.27. The first-order valence-corrected chi connectivity index (χ1v) is 12.2. The monoisotopic (exact) mass is 493 g/mol. The minimum atomic E-state index is -3.87. The van der Waals surface area contributed by atoms with Crippen LogP contribution in [0.1, 0.15) is 22.2 Å². The number of nitrogens with one attached hydrogen (secondary N) is 2. The van der Waals surface area contributed by atoms with Crippen molar-refractivity contribution in [2.75, 3.05) is 18.4 Å². The highest BCUT2D eigenvalue weighted by Crippen LogP contribution is 2.19. The van der Waals surface area contributed by atoms with E-state index in [2.05, 4.69) is 10.0 Å².